The van der Waals surface area contributed by atoms with Gasteiger partial charge in [0.15, 0.2) is 29.2 Å². The second-order valence-electron chi connectivity index (χ2n) is 21.9. The number of methoxy groups -OCH3 is 2. The van der Waals surface area contributed by atoms with Crippen LogP contribution < -0.4 is 61.1 Å². The van der Waals surface area contributed by atoms with E-state index in [-0.39, 0.29) is 84.8 Å². The molecule has 4 aromatic carbocycles. The predicted octanol–water partition coefficient (Wildman–Crippen LogP) is 4.43. The number of anilines is 4. The van der Waals surface area contributed by atoms with Gasteiger partial charge in [-0.2, -0.15) is 0 Å². The lowest BCUT2D eigenvalue weighted by atomic mass is 10.0. The summed E-state index contributed by atoms with van der Waals surface area (Å²) in [5, 5.41) is 25.8. The van der Waals surface area contributed by atoms with Crippen molar-refractivity contribution in [3.8, 4) is 23.0 Å². The molecule has 2 fully saturated rings. The number of ether oxygens (including phenoxy) is 5. The molecule has 0 bridgehead atoms. The van der Waals surface area contributed by atoms with Crippen molar-refractivity contribution in [2.45, 2.75) is 89.9 Å². The number of carbonyl (C=O) groups excluding carboxylic acids is 7. The Morgan fingerprint density at radius 1 is 0.829 bits per heavy atom. The molecule has 8 N–H and O–H groups in total. The van der Waals surface area contributed by atoms with E-state index < -0.39 is 54.1 Å². The van der Waals surface area contributed by atoms with E-state index in [2.05, 4.69) is 50.8 Å². The summed E-state index contributed by atoms with van der Waals surface area (Å²) < 4.78 is 29.8. The number of fused-ring (bicyclic) bond motifs is 4. The third-order valence-corrected chi connectivity index (χ3v) is 15.6. The lowest BCUT2D eigenvalue weighted by Gasteiger charge is -2.31. The summed E-state index contributed by atoms with van der Waals surface area (Å²) in [6.07, 6.45) is 2.94. The van der Waals surface area contributed by atoms with Crippen LogP contribution in [0.5, 0.6) is 23.0 Å². The van der Waals surface area contributed by atoms with Crippen LogP contribution in [0.4, 0.5) is 27.5 Å². The lowest BCUT2D eigenvalue weighted by molar-refractivity contribution is -0.132. The zero-order valence-corrected chi connectivity index (χ0v) is 47.2. The van der Waals surface area contributed by atoms with E-state index in [1.165, 1.54) is 33.3 Å². The molecule has 7 amide bonds. The first-order valence-corrected chi connectivity index (χ1v) is 27.5. The van der Waals surface area contributed by atoms with E-state index in [4.69, 9.17) is 29.4 Å². The average Bonchev–Trinajstić information content (AvgIpc) is 2.26. The third kappa shape index (κ3) is 12.6. The first-order chi connectivity index (χ1) is 39.3. The highest BCUT2D eigenvalue weighted by Gasteiger charge is 2.58. The number of nitrogens with two attached hydrogens (primary N) is 1. The molecule has 0 radical (unpaired) electrons. The molecule has 5 aliphatic rings. The second kappa shape index (κ2) is 24.7. The monoisotopic (exact) mass is 1130 g/mol. The van der Waals surface area contributed by atoms with E-state index in [1.54, 1.807) is 60.0 Å². The molecule has 0 aromatic heterocycles. The fourth-order valence-corrected chi connectivity index (χ4v) is 10.7. The summed E-state index contributed by atoms with van der Waals surface area (Å²) in [7, 11) is 6.96. The molecular weight excluding hydrogens is 1060 g/mol. The first kappa shape index (κ1) is 58.1. The highest BCUT2D eigenvalue weighted by atomic mass is 16.6. The Hall–Kier alpha value is -8.57. The van der Waals surface area contributed by atoms with Crippen LogP contribution in [-0.4, -0.2) is 155 Å². The van der Waals surface area contributed by atoms with E-state index in [0.717, 1.165) is 34.6 Å². The van der Waals surface area contributed by atoms with Crippen molar-refractivity contribution in [1.82, 2.24) is 25.8 Å². The Morgan fingerprint density at radius 3 is 2.13 bits per heavy atom. The van der Waals surface area contributed by atoms with Crippen molar-refractivity contribution in [1.29, 1.82) is 0 Å². The van der Waals surface area contributed by atoms with E-state index in [1.807, 2.05) is 25.2 Å². The number of rotatable bonds is 21. The van der Waals surface area contributed by atoms with Gasteiger partial charge in [-0.25, -0.2) is 9.69 Å². The zero-order valence-electron chi connectivity index (χ0n) is 47.2. The molecule has 5 atom stereocenters. The van der Waals surface area contributed by atoms with Gasteiger partial charge in [0, 0.05) is 63.3 Å². The van der Waals surface area contributed by atoms with E-state index >= 15 is 0 Å². The van der Waals surface area contributed by atoms with Crippen molar-refractivity contribution < 1.29 is 62.4 Å². The summed E-state index contributed by atoms with van der Waals surface area (Å²) in [5.41, 5.74) is 10.6. The quantitative estimate of drug-likeness (QED) is 0.0569. The summed E-state index contributed by atoms with van der Waals surface area (Å²) in [6.45, 7) is 5.30. The molecule has 1 unspecified atom stereocenters. The Morgan fingerprint density at radius 2 is 1.50 bits per heavy atom. The van der Waals surface area contributed by atoms with Gasteiger partial charge in [0.1, 0.15) is 18.7 Å². The van der Waals surface area contributed by atoms with Crippen molar-refractivity contribution in [2.24, 2.45) is 17.1 Å². The van der Waals surface area contributed by atoms with Crippen LogP contribution in [0.3, 0.4) is 0 Å². The van der Waals surface area contributed by atoms with Crippen molar-refractivity contribution >= 4 is 69.9 Å². The van der Waals surface area contributed by atoms with Gasteiger partial charge in [-0.15, -0.1) is 0 Å². The topological polar surface area (TPSA) is 285 Å². The van der Waals surface area contributed by atoms with Gasteiger partial charge in [0.2, 0.25) is 23.6 Å². The second-order valence-corrected chi connectivity index (χ2v) is 21.9. The predicted molar refractivity (Wildman–Crippen MR) is 305 cm³/mol. The fraction of sp³-hybridized carbons (Fsp3) is 0.441. The molecule has 1 saturated carbocycles. The lowest BCUT2D eigenvalue weighted by Crippen LogP contribution is -2.55. The van der Waals surface area contributed by atoms with Crippen LogP contribution in [0.15, 0.2) is 79.0 Å². The molecule has 23 nitrogen and oxygen atoms in total. The molecule has 1 saturated heterocycles. The molecule has 9 rings (SSSR count). The number of benzene rings is 4. The number of carbonyl (C=O) groups is 7. The van der Waals surface area contributed by atoms with E-state index in [0.29, 0.717) is 66.4 Å². The van der Waals surface area contributed by atoms with Gasteiger partial charge >= 0.3 is 6.09 Å². The van der Waals surface area contributed by atoms with E-state index in [9.17, 15) is 38.7 Å². The zero-order chi connectivity index (χ0) is 58.6. The summed E-state index contributed by atoms with van der Waals surface area (Å²) in [6, 6.07) is 18.4. The van der Waals surface area contributed by atoms with Gasteiger partial charge in [0.05, 0.1) is 75.1 Å². The molecule has 4 heterocycles. The minimum atomic E-state index is -1.47. The first-order valence-electron chi connectivity index (χ1n) is 27.5. The van der Waals surface area contributed by atoms with Crippen LogP contribution in [0.2, 0.25) is 0 Å². The van der Waals surface area contributed by atoms with Gasteiger partial charge in [0.25, 0.3) is 11.8 Å². The highest BCUT2D eigenvalue weighted by molar-refractivity contribution is 6.06. The van der Waals surface area contributed by atoms with Crippen LogP contribution >= 0.6 is 0 Å². The number of hydrogen-bond acceptors (Lipinski definition) is 16. The van der Waals surface area contributed by atoms with Crippen molar-refractivity contribution in [2.75, 3.05) is 88.1 Å². The van der Waals surface area contributed by atoms with Gasteiger partial charge < -0.3 is 75.8 Å². The summed E-state index contributed by atoms with van der Waals surface area (Å²) >= 11 is 0. The SMILES string of the molecule is COc1cc2c(cc1OCCCOc1cc3c(cc1OC)C(=O)N1CC4(CC4)C[C@H]1C(O)N3C(=O)OCc1ccc(NC(=O)[C@H](C)NC(=O)[C@@H](NC(=O)CNC(=O)CN)C(C)C)cc1)NC[C@@H]1CC(c3ccc(N(C)C)cc3)=CN1C2=O. The van der Waals surface area contributed by atoms with Crippen molar-refractivity contribution in [3.05, 3.63) is 101 Å². The summed E-state index contributed by atoms with van der Waals surface area (Å²) in [5.74, 6) is -1.85. The normalized spacial score (nSPS) is 18.9. The summed E-state index contributed by atoms with van der Waals surface area (Å²) in [4.78, 5) is 99.5. The molecule has 23 heteroatoms. The molecular formula is C59H72N10O13. The van der Waals surface area contributed by atoms with Crippen molar-refractivity contribution in [3.63, 3.8) is 0 Å². The maximum Gasteiger partial charge on any atom is 0.416 e. The number of nitrogens with one attached hydrogen (secondary N) is 5. The number of hydrogen-bond donors (Lipinski definition) is 7. The molecule has 4 aliphatic heterocycles. The number of nitrogens with zero attached hydrogens (tertiary/aromatic N) is 4. The van der Waals surface area contributed by atoms with Gasteiger partial charge in [-0.3, -0.25) is 28.8 Å². The Kier molecular flexibility index (Phi) is 17.5. The largest absolute Gasteiger partial charge is 0.493 e. The number of aliphatic hydroxyl groups is 1. The maximum atomic E-state index is 14.4. The smallest absolute Gasteiger partial charge is 0.416 e. The average molecular weight is 1130 g/mol. The number of aliphatic hydroxyl groups excluding tert-OH is 1. The molecule has 82 heavy (non-hydrogen) atoms. The van der Waals surface area contributed by atoms with Crippen LogP contribution in [-0.2, 0) is 30.5 Å². The minimum Gasteiger partial charge on any atom is -0.493 e. The minimum absolute atomic E-state index is 0.0776. The molecule has 4 aromatic rings. The Balaban J connectivity index is 0.828. The molecule has 436 valence electrons. The Labute approximate surface area is 475 Å². The fourth-order valence-electron chi connectivity index (χ4n) is 10.7. The highest BCUT2D eigenvalue weighted by Crippen LogP contribution is 2.57. The molecule has 1 aliphatic carbocycles. The molecule has 1 spiro atoms. The van der Waals surface area contributed by atoms with Crippen LogP contribution in [0.25, 0.3) is 5.57 Å². The number of amides is 7. The third-order valence-electron chi connectivity index (χ3n) is 15.6. The Bertz CT molecular complexity index is 3130. The van der Waals surface area contributed by atoms with Crippen LogP contribution in [0, 0.1) is 11.3 Å². The van der Waals surface area contributed by atoms with Crippen LogP contribution in [0.1, 0.15) is 84.7 Å². The van der Waals surface area contributed by atoms with Gasteiger partial charge in [-0.1, -0.05) is 38.1 Å². The maximum absolute atomic E-state index is 14.4. The van der Waals surface area contributed by atoms with Gasteiger partial charge in [-0.05, 0) is 97.0 Å². The standard InChI is InChI=1S/C59H72N10O13/c1-33(2)52(65-51(71)29-62-50(70)27-60)54(73)63-34(3)53(72)64-38-13-9-35(10-14-38)31-82-58(77)69-44-25-49(47(79-7)23-42(44)56(75)68-32-59(17-18-59)26-45(68)57(69)76)81-20-8-19-80-48-24-43-41(22-46(48)78-6)55(74)67-30-37(21-40(67)28-61-43)36-11-15-39(16-12-36)66(4)5/h9-16,22-25,30,33-34,40,45,52,57,61,76H,8,17-21,26-29,31-32,60H2,1-7H3,(H,62,70)(H,63,73)(H,64,72)(H,65,71)/t34-,40-,45-,52-,57?/m0/s1.